The molecule has 0 aromatic heterocycles. The highest BCUT2D eigenvalue weighted by Gasteiger charge is 2.25. The quantitative estimate of drug-likeness (QED) is 0.739. The minimum absolute atomic E-state index is 0.192. The van der Waals surface area contributed by atoms with Crippen molar-refractivity contribution in [2.45, 2.75) is 24.2 Å². The molecule has 0 radical (unpaired) electrons. The lowest BCUT2D eigenvalue weighted by atomic mass is 10.2. The number of amides is 1. The Kier molecular flexibility index (Phi) is 5.98. The first-order valence-corrected chi connectivity index (χ1v) is 10.3. The zero-order valence-corrected chi connectivity index (χ0v) is 15.7. The van der Waals surface area contributed by atoms with Crippen molar-refractivity contribution in [2.24, 2.45) is 0 Å². The summed E-state index contributed by atoms with van der Waals surface area (Å²) in [6.45, 7) is 0.920. The van der Waals surface area contributed by atoms with E-state index < -0.39 is 10.0 Å². The SMILES string of the molecule is Nc1ccccc1OCC(=O)Nc1ccc(S(=O)(=O)N2CCCCC2)cc1. The molecule has 0 saturated carbocycles. The first kappa shape index (κ1) is 19.2. The van der Waals surface area contributed by atoms with Crippen molar-refractivity contribution >= 4 is 27.3 Å². The van der Waals surface area contributed by atoms with Crippen molar-refractivity contribution in [1.82, 2.24) is 4.31 Å². The van der Waals surface area contributed by atoms with Crippen LogP contribution < -0.4 is 15.8 Å². The van der Waals surface area contributed by atoms with E-state index in [9.17, 15) is 13.2 Å². The second-order valence-electron chi connectivity index (χ2n) is 6.36. The van der Waals surface area contributed by atoms with Gasteiger partial charge >= 0.3 is 0 Å². The number of nitrogen functional groups attached to an aromatic ring is 1. The van der Waals surface area contributed by atoms with Crippen LogP contribution in [0.25, 0.3) is 0 Å². The molecule has 0 aliphatic carbocycles. The van der Waals surface area contributed by atoms with Crippen LogP contribution in [0, 0.1) is 0 Å². The highest BCUT2D eigenvalue weighted by Crippen LogP contribution is 2.22. The number of carbonyl (C=O) groups is 1. The van der Waals surface area contributed by atoms with Gasteiger partial charge in [-0.2, -0.15) is 4.31 Å². The molecule has 1 aliphatic heterocycles. The van der Waals surface area contributed by atoms with E-state index in [0.29, 0.717) is 30.2 Å². The molecule has 1 amide bonds. The molecule has 0 atom stereocenters. The largest absolute Gasteiger partial charge is 0.482 e. The number of hydrogen-bond acceptors (Lipinski definition) is 5. The third-order valence-electron chi connectivity index (χ3n) is 4.37. The van der Waals surface area contributed by atoms with Crippen LogP contribution in [0.3, 0.4) is 0 Å². The number of nitrogens with one attached hydrogen (secondary N) is 1. The third kappa shape index (κ3) is 4.78. The summed E-state index contributed by atoms with van der Waals surface area (Å²) in [5.74, 6) is 0.0838. The molecule has 27 heavy (non-hydrogen) atoms. The van der Waals surface area contributed by atoms with E-state index in [1.807, 2.05) is 0 Å². The molecular formula is C19H23N3O4S. The molecule has 2 aromatic rings. The van der Waals surface area contributed by atoms with Gasteiger partial charge in [-0.05, 0) is 49.2 Å². The van der Waals surface area contributed by atoms with E-state index in [1.54, 1.807) is 36.4 Å². The predicted octanol–water partition coefficient (Wildman–Crippen LogP) is 2.46. The summed E-state index contributed by atoms with van der Waals surface area (Å²) in [5, 5.41) is 2.68. The summed E-state index contributed by atoms with van der Waals surface area (Å²) in [6.07, 6.45) is 2.84. The number of nitrogens with two attached hydrogens (primary N) is 1. The maximum absolute atomic E-state index is 12.6. The number of rotatable bonds is 6. The van der Waals surface area contributed by atoms with Crippen LogP contribution in [0.1, 0.15) is 19.3 Å². The monoisotopic (exact) mass is 389 g/mol. The molecule has 3 rings (SSSR count). The fourth-order valence-electron chi connectivity index (χ4n) is 2.92. The molecule has 3 N–H and O–H groups in total. The Balaban J connectivity index is 1.58. The Morgan fingerprint density at radius 3 is 2.37 bits per heavy atom. The van der Waals surface area contributed by atoms with Gasteiger partial charge in [0, 0.05) is 18.8 Å². The van der Waals surface area contributed by atoms with Crippen molar-refractivity contribution < 1.29 is 17.9 Å². The van der Waals surface area contributed by atoms with E-state index in [1.165, 1.54) is 16.4 Å². The van der Waals surface area contributed by atoms with Gasteiger partial charge in [-0.15, -0.1) is 0 Å². The van der Waals surface area contributed by atoms with Crippen LogP contribution in [0.5, 0.6) is 5.75 Å². The van der Waals surface area contributed by atoms with Crippen molar-refractivity contribution in [3.63, 3.8) is 0 Å². The standard InChI is InChI=1S/C19H23N3O4S/c20-17-6-2-3-7-18(17)26-14-19(23)21-15-8-10-16(11-9-15)27(24,25)22-12-4-1-5-13-22/h2-3,6-11H,1,4-5,12-14,20H2,(H,21,23). The van der Waals surface area contributed by atoms with Gasteiger partial charge in [0.1, 0.15) is 5.75 Å². The lowest BCUT2D eigenvalue weighted by Crippen LogP contribution is -2.35. The van der Waals surface area contributed by atoms with Gasteiger partial charge < -0.3 is 15.8 Å². The van der Waals surface area contributed by atoms with E-state index >= 15 is 0 Å². The molecule has 7 nitrogen and oxygen atoms in total. The van der Waals surface area contributed by atoms with Gasteiger partial charge in [-0.25, -0.2) is 8.42 Å². The molecule has 0 unspecified atom stereocenters. The third-order valence-corrected chi connectivity index (χ3v) is 6.28. The second kappa shape index (κ2) is 8.41. The van der Waals surface area contributed by atoms with E-state index in [0.717, 1.165) is 19.3 Å². The van der Waals surface area contributed by atoms with E-state index in [-0.39, 0.29) is 17.4 Å². The molecule has 0 bridgehead atoms. The van der Waals surface area contributed by atoms with Gasteiger partial charge in [0.15, 0.2) is 6.61 Å². The van der Waals surface area contributed by atoms with Gasteiger partial charge in [-0.1, -0.05) is 18.6 Å². The maximum atomic E-state index is 12.6. The summed E-state index contributed by atoms with van der Waals surface area (Å²) in [5.41, 5.74) is 6.72. The Morgan fingerprint density at radius 1 is 1.04 bits per heavy atom. The van der Waals surface area contributed by atoms with Crippen molar-refractivity contribution in [3.05, 3.63) is 48.5 Å². The molecular weight excluding hydrogens is 366 g/mol. The number of hydrogen-bond donors (Lipinski definition) is 2. The summed E-state index contributed by atoms with van der Waals surface area (Å²) in [7, 11) is -3.48. The molecule has 2 aromatic carbocycles. The first-order valence-electron chi connectivity index (χ1n) is 8.84. The van der Waals surface area contributed by atoms with Gasteiger partial charge in [0.25, 0.3) is 5.91 Å². The number of anilines is 2. The van der Waals surface area contributed by atoms with Crippen LogP contribution >= 0.6 is 0 Å². The highest BCUT2D eigenvalue weighted by molar-refractivity contribution is 7.89. The molecule has 0 spiro atoms. The average Bonchev–Trinajstić information content (AvgIpc) is 2.68. The number of benzene rings is 2. The van der Waals surface area contributed by atoms with Gasteiger partial charge in [-0.3, -0.25) is 4.79 Å². The Hall–Kier alpha value is -2.58. The van der Waals surface area contributed by atoms with Gasteiger partial charge in [0.05, 0.1) is 10.6 Å². The second-order valence-corrected chi connectivity index (χ2v) is 8.30. The lowest BCUT2D eigenvalue weighted by molar-refractivity contribution is -0.118. The predicted molar refractivity (Wildman–Crippen MR) is 104 cm³/mol. The Labute approximate surface area is 159 Å². The zero-order valence-electron chi connectivity index (χ0n) is 14.9. The van der Waals surface area contributed by atoms with E-state index in [2.05, 4.69) is 5.32 Å². The zero-order chi connectivity index (χ0) is 19.3. The minimum atomic E-state index is -3.48. The Morgan fingerprint density at radius 2 is 1.70 bits per heavy atom. The highest BCUT2D eigenvalue weighted by atomic mass is 32.2. The summed E-state index contributed by atoms with van der Waals surface area (Å²) >= 11 is 0. The van der Waals surface area contributed by atoms with Crippen LogP contribution in [0.2, 0.25) is 0 Å². The maximum Gasteiger partial charge on any atom is 0.262 e. The smallest absolute Gasteiger partial charge is 0.262 e. The van der Waals surface area contributed by atoms with Crippen molar-refractivity contribution in [1.29, 1.82) is 0 Å². The summed E-state index contributed by atoms with van der Waals surface area (Å²) in [6, 6.07) is 13.1. The summed E-state index contributed by atoms with van der Waals surface area (Å²) < 4.78 is 32.1. The molecule has 8 heteroatoms. The van der Waals surface area contributed by atoms with Crippen LogP contribution in [-0.4, -0.2) is 38.3 Å². The fourth-order valence-corrected chi connectivity index (χ4v) is 4.43. The van der Waals surface area contributed by atoms with Crippen LogP contribution in [-0.2, 0) is 14.8 Å². The topological polar surface area (TPSA) is 102 Å². The number of para-hydroxylation sites is 2. The van der Waals surface area contributed by atoms with Gasteiger partial charge in [0.2, 0.25) is 10.0 Å². The van der Waals surface area contributed by atoms with E-state index in [4.69, 9.17) is 10.5 Å². The molecule has 144 valence electrons. The van der Waals surface area contributed by atoms with Crippen molar-refractivity contribution in [2.75, 3.05) is 30.7 Å². The number of ether oxygens (including phenoxy) is 1. The first-order chi connectivity index (χ1) is 13.0. The molecule has 1 heterocycles. The van der Waals surface area contributed by atoms with Crippen LogP contribution in [0.15, 0.2) is 53.4 Å². The fraction of sp³-hybridized carbons (Fsp3) is 0.316. The number of nitrogens with zero attached hydrogens (tertiary/aromatic N) is 1. The van der Waals surface area contributed by atoms with Crippen LogP contribution in [0.4, 0.5) is 11.4 Å². The number of sulfonamides is 1. The average molecular weight is 389 g/mol. The molecule has 1 aliphatic rings. The van der Waals surface area contributed by atoms with Crippen molar-refractivity contribution in [3.8, 4) is 5.75 Å². The lowest BCUT2D eigenvalue weighted by Gasteiger charge is -2.25. The normalized spacial score (nSPS) is 15.3. The summed E-state index contributed by atoms with van der Waals surface area (Å²) in [4.78, 5) is 12.3. The number of carbonyl (C=O) groups excluding carboxylic acids is 1. The number of piperidine rings is 1. The minimum Gasteiger partial charge on any atom is -0.482 e. The Bertz CT molecular complexity index is 891. The molecule has 1 fully saturated rings. The molecule has 1 saturated heterocycles.